The van der Waals surface area contributed by atoms with Crippen molar-refractivity contribution in [2.24, 2.45) is 7.05 Å². The van der Waals surface area contributed by atoms with E-state index in [1.807, 2.05) is 0 Å². The van der Waals surface area contributed by atoms with Crippen LogP contribution in [0.3, 0.4) is 0 Å². The predicted molar refractivity (Wildman–Crippen MR) is 148 cm³/mol. The summed E-state index contributed by atoms with van der Waals surface area (Å²) in [4.78, 5) is 0. The van der Waals surface area contributed by atoms with Gasteiger partial charge in [-0.15, -0.1) is 16.7 Å². The number of aromatic nitrogens is 2. The molecule has 35 heavy (non-hydrogen) atoms. The predicted octanol–water partition coefficient (Wildman–Crippen LogP) is 5.41. The zero-order valence-corrected chi connectivity index (χ0v) is 21.9. The molecule has 0 bridgehead atoms. The molecule has 1 saturated heterocycles. The molecule has 3 aromatic carbocycles. The summed E-state index contributed by atoms with van der Waals surface area (Å²) >= 11 is 0. The molecule has 1 spiro atoms. The topological polar surface area (TPSA) is 8.81 Å². The Balaban J connectivity index is 1.79. The monoisotopic (exact) mass is 456 g/mol. The molecule has 3 aliphatic rings. The van der Waals surface area contributed by atoms with E-state index in [0.29, 0.717) is 0 Å². The maximum atomic E-state index is 2.61. The standard InChI is InChI=1S/C32H33BN2/c1-20-16-22(3)29(23(4)17-20)33-30-34(7)27-14-10-11-15-28(27)35(30)26-13-9-8-12-25(26)32(33)24(5)18-21(2)19-31(32,33)6/h8-19H,1-7H3/t31-,32?,33?/m0/s1. The van der Waals surface area contributed by atoms with Gasteiger partial charge in [0.2, 0.25) is 0 Å². The molecule has 2 unspecified atom stereocenters. The van der Waals surface area contributed by atoms with Gasteiger partial charge in [-0.05, 0) is 58.4 Å². The van der Waals surface area contributed by atoms with Gasteiger partial charge in [-0.3, -0.25) is 4.57 Å². The van der Waals surface area contributed by atoms with Gasteiger partial charge in [0.05, 0.1) is 12.8 Å². The van der Waals surface area contributed by atoms with Gasteiger partial charge in [-0.25, -0.2) is 4.57 Å². The maximum Gasteiger partial charge on any atom is 0.176 e. The molecule has 3 heterocycles. The Bertz CT molecular complexity index is 1660. The molecule has 1 aromatic heterocycles. The van der Waals surface area contributed by atoms with E-state index in [2.05, 4.69) is 131 Å². The lowest BCUT2D eigenvalue weighted by Crippen LogP contribution is -2.69. The van der Waals surface area contributed by atoms with Crippen LogP contribution >= 0.6 is 0 Å². The minimum atomic E-state index is -1.20. The van der Waals surface area contributed by atoms with Crippen molar-refractivity contribution in [1.82, 2.24) is 4.57 Å². The first-order chi connectivity index (χ1) is 16.7. The van der Waals surface area contributed by atoms with E-state index in [1.165, 1.54) is 55.8 Å². The average molecular weight is 456 g/mol. The lowest BCUT2D eigenvalue weighted by molar-refractivity contribution is -0.627. The summed E-state index contributed by atoms with van der Waals surface area (Å²) in [5.74, 6) is 0. The first-order valence-electron chi connectivity index (χ1n) is 12.9. The summed E-state index contributed by atoms with van der Waals surface area (Å²) in [6.07, 6.45) is 3.87. The van der Waals surface area contributed by atoms with Gasteiger partial charge in [0.25, 0.3) is 0 Å². The van der Waals surface area contributed by atoms with Crippen LogP contribution in [0.25, 0.3) is 16.7 Å². The van der Waals surface area contributed by atoms with Gasteiger partial charge in [0, 0.05) is 0 Å². The molecule has 7 rings (SSSR count). The summed E-state index contributed by atoms with van der Waals surface area (Å²) in [6.45, 7) is 14.1. The Morgan fingerprint density at radius 2 is 1.51 bits per heavy atom. The second-order valence-electron chi connectivity index (χ2n) is 11.7. The van der Waals surface area contributed by atoms with Crippen molar-refractivity contribution >= 4 is 28.4 Å². The quantitative estimate of drug-likeness (QED) is 0.267. The Hall–Kier alpha value is -3.33. The van der Waals surface area contributed by atoms with Gasteiger partial charge in [-0.1, -0.05) is 83.3 Å². The molecule has 4 aromatic rings. The van der Waals surface area contributed by atoms with Gasteiger partial charge in [-0.2, -0.15) is 5.46 Å². The number of fused-ring (bicyclic) bond motifs is 7. The van der Waals surface area contributed by atoms with Crippen molar-refractivity contribution in [2.75, 3.05) is 0 Å². The second kappa shape index (κ2) is 6.26. The highest BCUT2D eigenvalue weighted by atomic mass is 15.2. The average Bonchev–Trinajstić information content (AvgIpc) is 3.15. The highest BCUT2D eigenvalue weighted by Crippen LogP contribution is 2.82. The highest BCUT2D eigenvalue weighted by Gasteiger charge is 2.84. The number of aryl methyl sites for hydroxylation is 4. The smallest absolute Gasteiger partial charge is 0.176 e. The number of rotatable bonds is 1. The molecule has 0 saturated carbocycles. The highest BCUT2D eigenvalue weighted by molar-refractivity contribution is 7.16. The molecule has 2 aliphatic heterocycles. The third kappa shape index (κ3) is 1.99. The molecule has 3 heteroatoms. The number of allylic oxidation sites excluding steroid dienone is 4. The fourth-order valence-corrected chi connectivity index (χ4v) is 9.63. The van der Waals surface area contributed by atoms with Crippen LogP contribution in [0, 0.1) is 20.8 Å². The molecular weight excluding hydrogens is 423 g/mol. The minimum absolute atomic E-state index is 0.0167. The van der Waals surface area contributed by atoms with Crippen LogP contribution in [0.4, 0.5) is 0 Å². The molecular formula is C32H33BN2. The van der Waals surface area contributed by atoms with E-state index in [1.54, 1.807) is 5.46 Å². The van der Waals surface area contributed by atoms with Crippen LogP contribution in [0.5, 0.6) is 0 Å². The van der Waals surface area contributed by atoms with Crippen molar-refractivity contribution in [3.8, 4) is 5.69 Å². The van der Waals surface area contributed by atoms with E-state index in [-0.39, 0.29) is 10.6 Å². The molecule has 0 amide bonds. The van der Waals surface area contributed by atoms with E-state index >= 15 is 0 Å². The molecule has 2 nitrogen and oxygen atoms in total. The van der Waals surface area contributed by atoms with Crippen molar-refractivity contribution in [3.05, 3.63) is 106 Å². The number of imidazole rings is 1. The van der Waals surface area contributed by atoms with Crippen molar-refractivity contribution < 1.29 is 4.57 Å². The molecule has 1 fully saturated rings. The molecule has 174 valence electrons. The largest absolute Gasteiger partial charge is 0.266 e. The summed E-state index contributed by atoms with van der Waals surface area (Å²) in [7, 11) is 2.29. The Morgan fingerprint density at radius 3 is 2.26 bits per heavy atom. The Morgan fingerprint density at radius 1 is 0.857 bits per heavy atom. The van der Waals surface area contributed by atoms with Crippen LogP contribution in [0.2, 0.25) is 5.31 Å². The molecule has 1 aliphatic carbocycles. The normalized spacial score (nSPS) is 28.0. The second-order valence-corrected chi connectivity index (χ2v) is 11.7. The SMILES string of the molecule is CC1=C[C@]2(C)[B-]3(c4c(C)cc(C)cc4C)c4n(c5ccccc5[n+]4C)-c4ccccc4C32C(C)=C1. The number of benzene rings is 3. The van der Waals surface area contributed by atoms with Crippen LogP contribution in [-0.2, 0) is 12.4 Å². The zero-order chi connectivity index (χ0) is 24.5. The Kier molecular flexibility index (Phi) is 3.76. The van der Waals surface area contributed by atoms with Gasteiger partial charge in [0.15, 0.2) is 17.2 Å². The number of hydrogen-bond acceptors (Lipinski definition) is 0. The summed E-state index contributed by atoms with van der Waals surface area (Å²) in [6, 6.07) is 23.0. The molecule has 0 N–H and O–H groups in total. The van der Waals surface area contributed by atoms with Gasteiger partial charge in [0.1, 0.15) is 5.69 Å². The van der Waals surface area contributed by atoms with E-state index in [4.69, 9.17) is 0 Å². The lowest BCUT2D eigenvalue weighted by atomic mass is 9.25. The number of para-hydroxylation sites is 3. The van der Waals surface area contributed by atoms with Gasteiger partial charge >= 0.3 is 0 Å². The van der Waals surface area contributed by atoms with Crippen molar-refractivity contribution in [1.29, 1.82) is 0 Å². The maximum absolute atomic E-state index is 2.61. The summed E-state index contributed by atoms with van der Waals surface area (Å²) < 4.78 is 5.13. The summed E-state index contributed by atoms with van der Waals surface area (Å²) in [5.41, 5.74) is 15.5. The number of hydrogen-bond donors (Lipinski definition) is 0. The van der Waals surface area contributed by atoms with Crippen molar-refractivity contribution in [2.45, 2.75) is 52.2 Å². The lowest BCUT2D eigenvalue weighted by Gasteiger charge is -2.40. The minimum Gasteiger partial charge on any atom is -0.266 e. The summed E-state index contributed by atoms with van der Waals surface area (Å²) in [5, 5.41) is -0.0762. The third-order valence-corrected chi connectivity index (χ3v) is 10.1. The Labute approximate surface area is 208 Å². The van der Waals surface area contributed by atoms with Crippen LogP contribution in [0.1, 0.15) is 43.0 Å². The first-order valence-corrected chi connectivity index (χ1v) is 12.9. The van der Waals surface area contributed by atoms with E-state index < -0.39 is 6.15 Å². The van der Waals surface area contributed by atoms with Crippen LogP contribution < -0.4 is 15.8 Å². The fraction of sp³-hybridized carbons (Fsp3) is 0.281. The van der Waals surface area contributed by atoms with E-state index in [0.717, 1.165) is 0 Å². The van der Waals surface area contributed by atoms with Crippen LogP contribution in [-0.4, -0.2) is 10.7 Å². The van der Waals surface area contributed by atoms with Crippen LogP contribution in [0.15, 0.2) is 84.0 Å². The first kappa shape index (κ1) is 21.0. The van der Waals surface area contributed by atoms with Gasteiger partial charge < -0.3 is 0 Å². The molecule has 3 atom stereocenters. The fourth-order valence-electron chi connectivity index (χ4n) is 9.63. The van der Waals surface area contributed by atoms with Crippen molar-refractivity contribution in [3.63, 3.8) is 0 Å². The van der Waals surface area contributed by atoms with E-state index in [9.17, 15) is 0 Å². The zero-order valence-electron chi connectivity index (χ0n) is 21.9. The molecule has 0 radical (unpaired) electrons. The third-order valence-electron chi connectivity index (χ3n) is 10.1. The number of nitrogens with zero attached hydrogens (tertiary/aromatic N) is 2.